The molecule has 0 unspecified atom stereocenters. The largest absolute Gasteiger partial charge is 0.380 e. The van der Waals surface area contributed by atoms with Crippen LogP contribution in [0, 0.1) is 13.8 Å². The smallest absolute Gasteiger partial charge is 0.270 e. The molecule has 0 spiro atoms. The summed E-state index contributed by atoms with van der Waals surface area (Å²) in [6, 6.07) is 5.66. The highest BCUT2D eigenvalue weighted by molar-refractivity contribution is 5.97. The molecule has 0 aromatic heterocycles. The minimum absolute atomic E-state index is 0.298. The molecule has 1 aromatic rings. The van der Waals surface area contributed by atoms with Gasteiger partial charge in [0.05, 0.1) is 5.69 Å². The number of rotatable bonds is 8. The molecule has 2 N–H and O–H groups in total. The molecular weight excluding hydrogens is 316 g/mol. The van der Waals surface area contributed by atoms with Gasteiger partial charge in [0.15, 0.2) is 0 Å². The molecule has 140 valence electrons. The van der Waals surface area contributed by atoms with Crippen LogP contribution in [0.2, 0.25) is 0 Å². The molecule has 2 amide bonds. The van der Waals surface area contributed by atoms with Gasteiger partial charge in [0, 0.05) is 6.92 Å². The Morgan fingerprint density at radius 3 is 2.12 bits per heavy atom. The first kappa shape index (κ1) is 21.2. The third kappa shape index (κ3) is 5.85. The van der Waals surface area contributed by atoms with E-state index >= 15 is 0 Å². The molecule has 0 aliphatic carbocycles. The molecule has 5 nitrogen and oxygen atoms in total. The van der Waals surface area contributed by atoms with Crippen molar-refractivity contribution in [3.63, 3.8) is 0 Å². The highest BCUT2D eigenvalue weighted by atomic mass is 16.3. The van der Waals surface area contributed by atoms with Crippen molar-refractivity contribution in [2.24, 2.45) is 0 Å². The molecule has 0 bridgehead atoms. The Bertz CT molecular complexity index is 591. The maximum absolute atomic E-state index is 12.8. The molecule has 0 atom stereocenters. The van der Waals surface area contributed by atoms with Gasteiger partial charge in [0.25, 0.3) is 5.91 Å². The number of hydrogen-bond acceptors (Lipinski definition) is 3. The Kier molecular flexibility index (Phi) is 8.10. The maximum atomic E-state index is 12.8. The van der Waals surface area contributed by atoms with Crippen molar-refractivity contribution >= 4 is 17.5 Å². The van der Waals surface area contributed by atoms with E-state index in [-0.39, 0.29) is 5.91 Å². The predicted molar refractivity (Wildman–Crippen MR) is 101 cm³/mol. The lowest BCUT2D eigenvalue weighted by Gasteiger charge is -2.31. The fraction of sp³-hybridized carbons (Fsp3) is 0.600. The lowest BCUT2D eigenvalue weighted by Crippen LogP contribution is -2.55. The average molecular weight is 348 g/mol. The van der Waals surface area contributed by atoms with Crippen LogP contribution in [0.1, 0.15) is 70.4 Å². The Balaban J connectivity index is 3.05. The zero-order valence-electron chi connectivity index (χ0n) is 16.2. The summed E-state index contributed by atoms with van der Waals surface area (Å²) in [5, 5.41) is 12.1. The Morgan fingerprint density at radius 2 is 1.68 bits per heavy atom. The number of nitrogens with one attached hydrogen (secondary N) is 1. The van der Waals surface area contributed by atoms with Crippen LogP contribution < -0.4 is 10.4 Å². The third-order valence-corrected chi connectivity index (χ3v) is 4.43. The van der Waals surface area contributed by atoms with Gasteiger partial charge in [-0.05, 0) is 38.3 Å². The van der Waals surface area contributed by atoms with Gasteiger partial charge in [-0.3, -0.25) is 15.0 Å². The normalized spacial score (nSPS) is 11.3. The number of hydrogen-bond donors (Lipinski definition) is 2. The van der Waals surface area contributed by atoms with Crippen molar-refractivity contribution in [3.05, 3.63) is 29.3 Å². The van der Waals surface area contributed by atoms with Crippen LogP contribution in [0.4, 0.5) is 5.69 Å². The first-order chi connectivity index (χ1) is 11.7. The van der Waals surface area contributed by atoms with Gasteiger partial charge in [0.2, 0.25) is 5.91 Å². The van der Waals surface area contributed by atoms with Crippen molar-refractivity contribution in [1.82, 2.24) is 5.43 Å². The first-order valence-electron chi connectivity index (χ1n) is 9.16. The fourth-order valence-electron chi connectivity index (χ4n) is 2.86. The summed E-state index contributed by atoms with van der Waals surface area (Å²) >= 11 is 0. The number of nitrogens with zero attached hydrogens (tertiary/aromatic N) is 1. The van der Waals surface area contributed by atoms with E-state index in [1.165, 1.54) is 11.9 Å². The van der Waals surface area contributed by atoms with Crippen molar-refractivity contribution in [2.75, 3.05) is 5.01 Å². The predicted octanol–water partition coefficient (Wildman–Crippen LogP) is 3.80. The lowest BCUT2D eigenvalue weighted by atomic mass is 9.90. The van der Waals surface area contributed by atoms with Crippen LogP contribution in [0.25, 0.3) is 0 Å². The van der Waals surface area contributed by atoms with Gasteiger partial charge in [0.1, 0.15) is 5.60 Å². The number of carbonyl (C=O) groups excluding carboxylic acids is 2. The molecule has 0 heterocycles. The Hall–Kier alpha value is -1.88. The molecule has 0 saturated carbocycles. The number of unbranched alkanes of at least 4 members (excludes halogenated alkanes) is 2. The van der Waals surface area contributed by atoms with Crippen LogP contribution in [0.15, 0.2) is 18.2 Å². The van der Waals surface area contributed by atoms with Gasteiger partial charge in [-0.1, -0.05) is 57.2 Å². The van der Waals surface area contributed by atoms with E-state index in [0.717, 1.165) is 36.8 Å². The molecule has 5 heteroatoms. The number of aliphatic hydroxyl groups is 1. The third-order valence-electron chi connectivity index (χ3n) is 4.43. The minimum atomic E-state index is -1.45. The zero-order valence-corrected chi connectivity index (χ0v) is 16.2. The van der Waals surface area contributed by atoms with E-state index in [1.807, 2.05) is 45.9 Å². The van der Waals surface area contributed by atoms with Crippen LogP contribution in [-0.4, -0.2) is 22.5 Å². The standard InChI is InChI=1S/C20H32N2O3/c1-6-8-12-20(25,13-9-7-2)19(24)21-22(17(5)23)18-11-10-15(3)14-16(18)4/h10-11,14,25H,6-9,12-13H2,1-5H3,(H,21,24). The maximum Gasteiger partial charge on any atom is 0.270 e. The molecule has 0 saturated heterocycles. The van der Waals surface area contributed by atoms with Crippen molar-refractivity contribution in [3.8, 4) is 0 Å². The second-order valence-corrected chi connectivity index (χ2v) is 6.82. The summed E-state index contributed by atoms with van der Waals surface area (Å²) in [4.78, 5) is 24.9. The number of benzene rings is 1. The summed E-state index contributed by atoms with van der Waals surface area (Å²) in [5.74, 6) is -0.807. The number of anilines is 1. The number of amides is 2. The molecule has 1 aromatic carbocycles. The van der Waals surface area contributed by atoms with Crippen LogP contribution in [-0.2, 0) is 9.59 Å². The van der Waals surface area contributed by atoms with Gasteiger partial charge in [-0.2, -0.15) is 0 Å². The van der Waals surface area contributed by atoms with Gasteiger partial charge in [-0.15, -0.1) is 0 Å². The second kappa shape index (κ2) is 9.56. The molecule has 0 fully saturated rings. The van der Waals surface area contributed by atoms with Crippen LogP contribution in [0.3, 0.4) is 0 Å². The molecule has 1 rings (SSSR count). The number of hydrazine groups is 1. The van der Waals surface area contributed by atoms with Crippen LogP contribution >= 0.6 is 0 Å². The molecule has 0 aliphatic heterocycles. The van der Waals surface area contributed by atoms with E-state index in [2.05, 4.69) is 5.43 Å². The van der Waals surface area contributed by atoms with E-state index < -0.39 is 11.5 Å². The first-order valence-corrected chi connectivity index (χ1v) is 9.16. The quantitative estimate of drug-likeness (QED) is 0.702. The highest BCUT2D eigenvalue weighted by Crippen LogP contribution is 2.24. The van der Waals surface area contributed by atoms with E-state index in [0.29, 0.717) is 18.5 Å². The fourth-order valence-corrected chi connectivity index (χ4v) is 2.86. The SMILES string of the molecule is CCCCC(O)(CCCC)C(=O)NN(C(C)=O)c1ccc(C)cc1C. The molecule has 25 heavy (non-hydrogen) atoms. The van der Waals surface area contributed by atoms with Crippen LogP contribution in [0.5, 0.6) is 0 Å². The van der Waals surface area contributed by atoms with E-state index in [9.17, 15) is 14.7 Å². The Labute approximate surface area is 151 Å². The topological polar surface area (TPSA) is 69.6 Å². The highest BCUT2D eigenvalue weighted by Gasteiger charge is 2.36. The average Bonchev–Trinajstić information content (AvgIpc) is 2.56. The van der Waals surface area contributed by atoms with Crippen molar-refractivity contribution in [1.29, 1.82) is 0 Å². The number of aryl methyl sites for hydroxylation is 2. The summed E-state index contributed by atoms with van der Waals surface area (Å²) < 4.78 is 0. The monoisotopic (exact) mass is 348 g/mol. The lowest BCUT2D eigenvalue weighted by molar-refractivity contribution is -0.143. The van der Waals surface area contributed by atoms with Gasteiger partial charge in [-0.25, -0.2) is 5.01 Å². The number of carbonyl (C=O) groups is 2. The van der Waals surface area contributed by atoms with Crippen molar-refractivity contribution in [2.45, 2.75) is 78.7 Å². The summed E-state index contributed by atoms with van der Waals surface area (Å²) in [7, 11) is 0. The molecule has 0 radical (unpaired) electrons. The second-order valence-electron chi connectivity index (χ2n) is 6.82. The van der Waals surface area contributed by atoms with E-state index in [1.54, 1.807) is 0 Å². The van der Waals surface area contributed by atoms with Crippen molar-refractivity contribution < 1.29 is 14.7 Å². The molecule has 0 aliphatic rings. The van der Waals surface area contributed by atoms with Gasteiger partial charge >= 0.3 is 0 Å². The van der Waals surface area contributed by atoms with Gasteiger partial charge < -0.3 is 5.11 Å². The summed E-state index contributed by atoms with van der Waals surface area (Å²) in [6.07, 6.45) is 4.11. The Morgan fingerprint density at radius 1 is 1.12 bits per heavy atom. The molecular formula is C20H32N2O3. The van der Waals surface area contributed by atoms with E-state index in [4.69, 9.17) is 0 Å². The summed E-state index contributed by atoms with van der Waals surface area (Å²) in [6.45, 7) is 9.31. The zero-order chi connectivity index (χ0) is 19.0. The minimum Gasteiger partial charge on any atom is -0.380 e. The summed E-state index contributed by atoms with van der Waals surface area (Å²) in [5.41, 5.74) is 3.80.